The normalized spacial score (nSPS) is 12.2. The monoisotopic (exact) mass is 366 g/mol. The summed E-state index contributed by atoms with van der Waals surface area (Å²) >= 11 is 6.00. The first-order valence-corrected chi connectivity index (χ1v) is 8.64. The molecular formula is C19H17ClN5O+. The van der Waals surface area contributed by atoms with Crippen LogP contribution in [0, 0.1) is 0 Å². The summed E-state index contributed by atoms with van der Waals surface area (Å²) in [5.74, 6) is 1.64. The minimum Gasteiger partial charge on any atom is -0.463 e. The molecule has 0 aliphatic rings. The van der Waals surface area contributed by atoms with E-state index in [1.807, 2.05) is 54.6 Å². The lowest BCUT2D eigenvalue weighted by Gasteiger charge is -2.15. The maximum absolute atomic E-state index is 6.00. The van der Waals surface area contributed by atoms with Gasteiger partial charge in [0.15, 0.2) is 11.8 Å². The summed E-state index contributed by atoms with van der Waals surface area (Å²) in [7, 11) is 0. The van der Waals surface area contributed by atoms with Crippen LogP contribution in [0.3, 0.4) is 0 Å². The lowest BCUT2D eigenvalue weighted by atomic mass is 10.1. The number of rotatable bonds is 6. The van der Waals surface area contributed by atoms with E-state index in [1.165, 1.54) is 0 Å². The lowest BCUT2D eigenvalue weighted by molar-refractivity contribution is -0.705. The van der Waals surface area contributed by atoms with Crippen molar-refractivity contribution in [3.63, 3.8) is 0 Å². The Hall–Kier alpha value is -2.96. The molecule has 0 radical (unpaired) electrons. The molecule has 2 aromatic heterocycles. The van der Waals surface area contributed by atoms with Crippen molar-refractivity contribution in [3.8, 4) is 5.69 Å². The fourth-order valence-electron chi connectivity index (χ4n) is 2.87. The molecule has 0 aliphatic heterocycles. The lowest BCUT2D eigenvalue weighted by Crippen LogP contribution is -2.84. The van der Waals surface area contributed by atoms with Crippen molar-refractivity contribution in [1.29, 1.82) is 0 Å². The van der Waals surface area contributed by atoms with Crippen molar-refractivity contribution in [2.24, 2.45) is 0 Å². The van der Waals surface area contributed by atoms with Gasteiger partial charge in [-0.3, -0.25) is 0 Å². The third kappa shape index (κ3) is 3.51. The van der Waals surface area contributed by atoms with Crippen molar-refractivity contribution >= 4 is 11.6 Å². The Kier molecular flexibility index (Phi) is 4.77. The number of hydrogen-bond acceptors (Lipinski definition) is 4. The molecule has 1 atom stereocenters. The second-order valence-electron chi connectivity index (χ2n) is 5.83. The average Bonchev–Trinajstić information content (AvgIpc) is 3.36. The summed E-state index contributed by atoms with van der Waals surface area (Å²) in [6.45, 7) is 0.681. The molecule has 26 heavy (non-hydrogen) atoms. The molecular weight excluding hydrogens is 350 g/mol. The van der Waals surface area contributed by atoms with Gasteiger partial charge in [-0.05, 0) is 46.8 Å². The van der Waals surface area contributed by atoms with Gasteiger partial charge in [-0.25, -0.2) is 0 Å². The van der Waals surface area contributed by atoms with Crippen LogP contribution in [0.15, 0.2) is 77.4 Å². The van der Waals surface area contributed by atoms with Crippen LogP contribution >= 0.6 is 11.6 Å². The summed E-state index contributed by atoms with van der Waals surface area (Å²) in [5.41, 5.74) is 1.98. The van der Waals surface area contributed by atoms with Crippen LogP contribution in [0.1, 0.15) is 23.2 Å². The minimum absolute atomic E-state index is 0.0769. The van der Waals surface area contributed by atoms with E-state index in [0.717, 1.165) is 22.8 Å². The van der Waals surface area contributed by atoms with E-state index in [2.05, 4.69) is 33.0 Å². The molecule has 0 bridgehead atoms. The number of tetrazole rings is 1. The standard InChI is InChI=1S/C19H16ClN5O/c20-15-8-10-16(11-9-15)25-19(22-23-24-25)18(14-5-2-1-3-6-14)21-13-17-7-4-12-26-17/h1-12,18,21H,13H2/p+1/t18-/m0/s1. The molecule has 0 saturated heterocycles. The Balaban J connectivity index is 1.70. The van der Waals surface area contributed by atoms with E-state index < -0.39 is 0 Å². The van der Waals surface area contributed by atoms with Gasteiger partial charge in [0, 0.05) is 10.6 Å². The molecule has 2 N–H and O–H groups in total. The van der Waals surface area contributed by atoms with Crippen molar-refractivity contribution in [3.05, 3.63) is 95.2 Å². The predicted octanol–water partition coefficient (Wildman–Crippen LogP) is 2.76. The Bertz CT molecular complexity index is 951. The number of furan rings is 1. The van der Waals surface area contributed by atoms with Crippen LogP contribution in [0.25, 0.3) is 5.69 Å². The number of nitrogens with zero attached hydrogens (tertiary/aromatic N) is 4. The van der Waals surface area contributed by atoms with E-state index >= 15 is 0 Å². The van der Waals surface area contributed by atoms with E-state index in [9.17, 15) is 0 Å². The quantitative estimate of drug-likeness (QED) is 0.569. The van der Waals surface area contributed by atoms with Crippen molar-refractivity contribution in [1.82, 2.24) is 20.2 Å². The summed E-state index contributed by atoms with van der Waals surface area (Å²) in [6.07, 6.45) is 1.68. The number of halogens is 1. The first kappa shape index (κ1) is 16.5. The van der Waals surface area contributed by atoms with Gasteiger partial charge in [-0.1, -0.05) is 41.9 Å². The van der Waals surface area contributed by atoms with Crippen LogP contribution in [-0.2, 0) is 6.54 Å². The minimum atomic E-state index is -0.0769. The SMILES string of the molecule is Clc1ccc(-n2nnnc2[C@@H]([NH2+]Cc2ccco2)c2ccccc2)cc1. The molecule has 0 fully saturated rings. The Morgan fingerprint density at radius 2 is 1.81 bits per heavy atom. The highest BCUT2D eigenvalue weighted by Crippen LogP contribution is 2.20. The zero-order chi connectivity index (χ0) is 17.8. The fourth-order valence-corrected chi connectivity index (χ4v) is 2.99. The zero-order valence-corrected chi connectivity index (χ0v) is 14.6. The number of hydrogen-bond donors (Lipinski definition) is 1. The highest BCUT2D eigenvalue weighted by molar-refractivity contribution is 6.30. The Morgan fingerprint density at radius 1 is 1.00 bits per heavy atom. The van der Waals surface area contributed by atoms with Gasteiger partial charge in [-0.15, -0.1) is 5.10 Å². The molecule has 2 heterocycles. The van der Waals surface area contributed by atoms with Gasteiger partial charge in [0.05, 0.1) is 12.0 Å². The maximum Gasteiger partial charge on any atom is 0.218 e. The van der Waals surface area contributed by atoms with E-state index in [0.29, 0.717) is 11.6 Å². The summed E-state index contributed by atoms with van der Waals surface area (Å²) in [5, 5.41) is 15.2. The molecule has 0 amide bonds. The van der Waals surface area contributed by atoms with Crippen molar-refractivity contribution < 1.29 is 9.73 Å². The molecule has 4 rings (SSSR count). The van der Waals surface area contributed by atoms with E-state index in [1.54, 1.807) is 10.9 Å². The first-order valence-electron chi connectivity index (χ1n) is 8.26. The molecule has 130 valence electrons. The van der Waals surface area contributed by atoms with Gasteiger partial charge in [0.1, 0.15) is 6.54 Å². The van der Waals surface area contributed by atoms with Crippen molar-refractivity contribution in [2.75, 3.05) is 0 Å². The van der Waals surface area contributed by atoms with Gasteiger partial charge in [0.2, 0.25) is 5.82 Å². The Labute approximate surface area is 155 Å². The van der Waals surface area contributed by atoms with E-state index in [4.69, 9.17) is 16.0 Å². The van der Waals surface area contributed by atoms with Crippen LogP contribution in [0.4, 0.5) is 0 Å². The summed E-state index contributed by atoms with van der Waals surface area (Å²) < 4.78 is 7.20. The van der Waals surface area contributed by atoms with Crippen LogP contribution in [-0.4, -0.2) is 20.2 Å². The first-order chi connectivity index (χ1) is 12.8. The molecule has 0 spiro atoms. The fraction of sp³-hybridized carbons (Fsp3) is 0.105. The molecule has 0 aliphatic carbocycles. The number of aromatic nitrogens is 4. The van der Waals surface area contributed by atoms with Gasteiger partial charge >= 0.3 is 0 Å². The highest BCUT2D eigenvalue weighted by atomic mass is 35.5. The predicted molar refractivity (Wildman–Crippen MR) is 96.8 cm³/mol. The average molecular weight is 367 g/mol. The third-order valence-corrected chi connectivity index (χ3v) is 4.39. The molecule has 6 nitrogen and oxygen atoms in total. The van der Waals surface area contributed by atoms with Crippen LogP contribution in [0.2, 0.25) is 5.02 Å². The smallest absolute Gasteiger partial charge is 0.218 e. The molecule has 0 unspecified atom stereocenters. The van der Waals surface area contributed by atoms with Gasteiger partial charge in [0.25, 0.3) is 0 Å². The largest absolute Gasteiger partial charge is 0.463 e. The van der Waals surface area contributed by atoms with Gasteiger partial charge < -0.3 is 9.73 Å². The molecule has 0 saturated carbocycles. The Morgan fingerprint density at radius 3 is 2.54 bits per heavy atom. The number of quaternary nitrogens is 1. The molecule has 4 aromatic rings. The second kappa shape index (κ2) is 7.51. The molecule has 7 heteroatoms. The third-order valence-electron chi connectivity index (χ3n) is 4.14. The second-order valence-corrected chi connectivity index (χ2v) is 6.27. The van der Waals surface area contributed by atoms with Crippen LogP contribution < -0.4 is 5.32 Å². The number of nitrogens with two attached hydrogens (primary N) is 1. The summed E-state index contributed by atoms with van der Waals surface area (Å²) in [6, 6.07) is 21.4. The number of benzene rings is 2. The topological polar surface area (TPSA) is 73.3 Å². The van der Waals surface area contributed by atoms with Crippen LogP contribution in [0.5, 0.6) is 0 Å². The van der Waals surface area contributed by atoms with Gasteiger partial charge in [-0.2, -0.15) is 4.68 Å². The van der Waals surface area contributed by atoms with Crippen molar-refractivity contribution in [2.45, 2.75) is 12.6 Å². The maximum atomic E-state index is 6.00. The highest BCUT2D eigenvalue weighted by Gasteiger charge is 2.25. The summed E-state index contributed by atoms with van der Waals surface area (Å²) in [4.78, 5) is 0. The zero-order valence-electron chi connectivity index (χ0n) is 13.9. The molecule has 2 aromatic carbocycles. The van der Waals surface area contributed by atoms with E-state index in [-0.39, 0.29) is 6.04 Å².